The van der Waals surface area contributed by atoms with Crippen LogP contribution in [0.25, 0.3) is 0 Å². The van der Waals surface area contributed by atoms with Gasteiger partial charge in [0.05, 0.1) is 6.04 Å². The van der Waals surface area contributed by atoms with Crippen LogP contribution in [0.2, 0.25) is 5.02 Å². The van der Waals surface area contributed by atoms with Gasteiger partial charge in [-0.05, 0) is 31.5 Å². The van der Waals surface area contributed by atoms with Crippen molar-refractivity contribution in [3.05, 3.63) is 34.9 Å². The molecule has 0 radical (unpaired) electrons. The number of carbonyl (C=O) groups is 1. The van der Waals surface area contributed by atoms with E-state index in [2.05, 4.69) is 0 Å². The highest BCUT2D eigenvalue weighted by molar-refractivity contribution is 6.31. The van der Waals surface area contributed by atoms with Crippen LogP contribution in [-0.4, -0.2) is 24.4 Å². The SMILES string of the molecule is CC(CCN)C(=O)N(C)C(C)c1ccccc1Cl. The second-order valence-corrected chi connectivity index (χ2v) is 5.03. The topological polar surface area (TPSA) is 46.3 Å². The molecule has 2 atom stereocenters. The first-order valence-electron chi connectivity index (χ1n) is 6.20. The first kappa shape index (κ1) is 15.0. The van der Waals surface area contributed by atoms with Crippen LogP contribution in [-0.2, 0) is 4.79 Å². The zero-order valence-electron chi connectivity index (χ0n) is 11.2. The van der Waals surface area contributed by atoms with E-state index in [0.29, 0.717) is 18.0 Å². The lowest BCUT2D eigenvalue weighted by molar-refractivity contribution is -0.135. The molecule has 0 aliphatic carbocycles. The first-order valence-corrected chi connectivity index (χ1v) is 6.58. The third-order valence-corrected chi connectivity index (χ3v) is 3.65. The number of hydrogen-bond acceptors (Lipinski definition) is 2. The van der Waals surface area contributed by atoms with E-state index in [0.717, 1.165) is 5.56 Å². The Kier molecular flexibility index (Phi) is 5.63. The number of nitrogens with two attached hydrogens (primary N) is 1. The summed E-state index contributed by atoms with van der Waals surface area (Å²) in [6.07, 6.45) is 0.707. The molecular weight excluding hydrogens is 248 g/mol. The van der Waals surface area contributed by atoms with E-state index in [1.165, 1.54) is 0 Å². The van der Waals surface area contributed by atoms with E-state index < -0.39 is 0 Å². The monoisotopic (exact) mass is 268 g/mol. The van der Waals surface area contributed by atoms with E-state index in [4.69, 9.17) is 17.3 Å². The number of nitrogens with zero attached hydrogens (tertiary/aromatic N) is 1. The molecule has 1 aromatic rings. The summed E-state index contributed by atoms with van der Waals surface area (Å²) < 4.78 is 0. The zero-order valence-corrected chi connectivity index (χ0v) is 11.9. The highest BCUT2D eigenvalue weighted by atomic mass is 35.5. The maximum atomic E-state index is 12.2. The predicted octanol–water partition coefficient (Wildman–Crippen LogP) is 2.84. The molecule has 0 aliphatic heterocycles. The maximum absolute atomic E-state index is 12.2. The number of amides is 1. The fourth-order valence-corrected chi connectivity index (χ4v) is 2.23. The van der Waals surface area contributed by atoms with Crippen molar-refractivity contribution in [3.8, 4) is 0 Å². The lowest BCUT2D eigenvalue weighted by Crippen LogP contribution is -2.34. The lowest BCUT2D eigenvalue weighted by atomic mass is 10.0. The molecule has 2 N–H and O–H groups in total. The molecule has 0 aromatic heterocycles. The zero-order chi connectivity index (χ0) is 13.7. The summed E-state index contributed by atoms with van der Waals surface area (Å²) in [6.45, 7) is 4.42. The van der Waals surface area contributed by atoms with Crippen LogP contribution in [0, 0.1) is 5.92 Å². The van der Waals surface area contributed by atoms with Gasteiger partial charge < -0.3 is 10.6 Å². The van der Waals surface area contributed by atoms with E-state index in [1.807, 2.05) is 45.2 Å². The molecule has 0 heterocycles. The summed E-state index contributed by atoms with van der Waals surface area (Å²) in [4.78, 5) is 13.9. The number of carbonyl (C=O) groups excluding carboxylic acids is 1. The summed E-state index contributed by atoms with van der Waals surface area (Å²) in [6, 6.07) is 7.57. The van der Waals surface area contributed by atoms with Crippen molar-refractivity contribution >= 4 is 17.5 Å². The van der Waals surface area contributed by atoms with Crippen molar-refractivity contribution < 1.29 is 4.79 Å². The Morgan fingerprint density at radius 3 is 2.56 bits per heavy atom. The second kappa shape index (κ2) is 6.76. The Balaban J connectivity index is 2.81. The van der Waals surface area contributed by atoms with Crippen LogP contribution in [0.3, 0.4) is 0 Å². The van der Waals surface area contributed by atoms with Gasteiger partial charge >= 0.3 is 0 Å². The first-order chi connectivity index (χ1) is 8.49. The summed E-state index contributed by atoms with van der Waals surface area (Å²) in [7, 11) is 1.81. The smallest absolute Gasteiger partial charge is 0.225 e. The van der Waals surface area contributed by atoms with Crippen molar-refractivity contribution in [1.82, 2.24) is 4.90 Å². The average Bonchev–Trinajstić information content (AvgIpc) is 2.37. The Morgan fingerprint density at radius 1 is 1.39 bits per heavy atom. The third kappa shape index (κ3) is 3.47. The molecule has 0 spiro atoms. The summed E-state index contributed by atoms with van der Waals surface area (Å²) in [5.41, 5.74) is 6.45. The van der Waals surface area contributed by atoms with Crippen LogP contribution in [0.5, 0.6) is 0 Å². The lowest BCUT2D eigenvalue weighted by Gasteiger charge is -2.28. The molecule has 0 aliphatic rings. The summed E-state index contributed by atoms with van der Waals surface area (Å²) >= 11 is 6.15. The number of benzene rings is 1. The molecule has 100 valence electrons. The van der Waals surface area contributed by atoms with E-state index >= 15 is 0 Å². The number of hydrogen-bond donors (Lipinski definition) is 1. The van der Waals surface area contributed by atoms with Gasteiger partial charge in [-0.1, -0.05) is 36.7 Å². The summed E-state index contributed by atoms with van der Waals surface area (Å²) in [5, 5.41) is 0.691. The van der Waals surface area contributed by atoms with Crippen molar-refractivity contribution in [1.29, 1.82) is 0 Å². The van der Waals surface area contributed by atoms with Gasteiger partial charge in [0.15, 0.2) is 0 Å². The highest BCUT2D eigenvalue weighted by Crippen LogP contribution is 2.27. The van der Waals surface area contributed by atoms with Gasteiger partial charge in [-0.15, -0.1) is 0 Å². The van der Waals surface area contributed by atoms with Crippen LogP contribution in [0.1, 0.15) is 31.9 Å². The Bertz CT molecular complexity index is 409. The number of halogens is 1. The third-order valence-electron chi connectivity index (χ3n) is 3.31. The van der Waals surface area contributed by atoms with Crippen molar-refractivity contribution in [2.75, 3.05) is 13.6 Å². The van der Waals surface area contributed by atoms with E-state index in [1.54, 1.807) is 4.90 Å². The van der Waals surface area contributed by atoms with Gasteiger partial charge in [0.25, 0.3) is 0 Å². The van der Waals surface area contributed by atoms with Gasteiger partial charge in [-0.2, -0.15) is 0 Å². The molecule has 2 unspecified atom stereocenters. The molecule has 18 heavy (non-hydrogen) atoms. The van der Waals surface area contributed by atoms with Gasteiger partial charge in [-0.3, -0.25) is 4.79 Å². The molecule has 0 saturated heterocycles. The average molecular weight is 269 g/mol. The Labute approximate surface area is 114 Å². The minimum atomic E-state index is -0.0510. The van der Waals surface area contributed by atoms with Gasteiger partial charge in [0, 0.05) is 18.0 Å². The Hall–Kier alpha value is -1.06. The van der Waals surface area contributed by atoms with E-state index in [9.17, 15) is 4.79 Å². The standard InChI is InChI=1S/C14H21ClN2O/c1-10(8-9-16)14(18)17(3)11(2)12-6-4-5-7-13(12)15/h4-7,10-11H,8-9,16H2,1-3H3. The normalized spacial score (nSPS) is 14.1. The molecule has 1 aromatic carbocycles. The predicted molar refractivity (Wildman–Crippen MR) is 75.5 cm³/mol. The molecule has 0 fully saturated rings. The molecular formula is C14H21ClN2O. The van der Waals surface area contributed by atoms with Gasteiger partial charge in [-0.25, -0.2) is 0 Å². The summed E-state index contributed by atoms with van der Waals surface area (Å²) in [5.74, 6) is 0.0535. The fraction of sp³-hybridized carbons (Fsp3) is 0.500. The molecule has 0 bridgehead atoms. The van der Waals surface area contributed by atoms with Crippen molar-refractivity contribution in [2.24, 2.45) is 11.7 Å². The Morgan fingerprint density at radius 2 is 2.00 bits per heavy atom. The molecule has 1 amide bonds. The van der Waals surface area contributed by atoms with Gasteiger partial charge in [0.2, 0.25) is 5.91 Å². The van der Waals surface area contributed by atoms with Crippen LogP contribution < -0.4 is 5.73 Å². The molecule has 3 nitrogen and oxygen atoms in total. The molecule has 0 saturated carbocycles. The quantitative estimate of drug-likeness (QED) is 0.893. The van der Waals surface area contributed by atoms with Crippen LogP contribution in [0.15, 0.2) is 24.3 Å². The highest BCUT2D eigenvalue weighted by Gasteiger charge is 2.22. The second-order valence-electron chi connectivity index (χ2n) is 4.63. The van der Waals surface area contributed by atoms with Crippen molar-refractivity contribution in [2.45, 2.75) is 26.3 Å². The molecule has 4 heteroatoms. The van der Waals surface area contributed by atoms with E-state index in [-0.39, 0.29) is 17.9 Å². The maximum Gasteiger partial charge on any atom is 0.225 e. The van der Waals surface area contributed by atoms with Crippen molar-refractivity contribution in [3.63, 3.8) is 0 Å². The molecule has 1 rings (SSSR count). The minimum absolute atomic E-state index is 0.0357. The van der Waals surface area contributed by atoms with Gasteiger partial charge in [0.1, 0.15) is 0 Å². The minimum Gasteiger partial charge on any atom is -0.339 e. The number of rotatable bonds is 5. The van der Waals surface area contributed by atoms with Crippen LogP contribution in [0.4, 0.5) is 0 Å². The van der Waals surface area contributed by atoms with Crippen LogP contribution >= 0.6 is 11.6 Å². The largest absolute Gasteiger partial charge is 0.339 e. The fourth-order valence-electron chi connectivity index (χ4n) is 1.93.